The van der Waals surface area contributed by atoms with E-state index >= 15 is 0 Å². The Morgan fingerprint density at radius 3 is 1.54 bits per heavy atom. The number of fused-ring (bicyclic) bond motifs is 5. The van der Waals surface area contributed by atoms with Gasteiger partial charge in [-0.3, -0.25) is 0 Å². The molecule has 0 bridgehead atoms. The van der Waals surface area contributed by atoms with Gasteiger partial charge in [-0.15, -0.1) is 0 Å². The Kier molecular flexibility index (Phi) is 7.49. The molecule has 0 aromatic heterocycles. The first-order valence-corrected chi connectivity index (χ1v) is 17.5. The Morgan fingerprint density at radius 1 is 0.520 bits per heavy atom. The van der Waals surface area contributed by atoms with E-state index in [1.807, 2.05) is 15.7 Å². The maximum Gasteiger partial charge on any atom is 0.145 e. The zero-order valence-electron chi connectivity index (χ0n) is 30.0. The number of phenols is 2. The minimum atomic E-state index is 0.288. The van der Waals surface area contributed by atoms with Gasteiger partial charge < -0.3 is 10.2 Å². The maximum atomic E-state index is 11.8. The van der Waals surface area contributed by atoms with E-state index in [0.29, 0.717) is 5.75 Å². The number of hydrogen-bond acceptors (Lipinski definition) is 2. The van der Waals surface area contributed by atoms with Gasteiger partial charge in [-0.2, -0.15) is 0 Å². The Labute approximate surface area is 299 Å². The molecule has 0 amide bonds. The lowest BCUT2D eigenvalue weighted by molar-refractivity contribution is 0.477. The van der Waals surface area contributed by atoms with Crippen LogP contribution in [0.5, 0.6) is 11.5 Å². The molecule has 0 radical (unpaired) electrons. The van der Waals surface area contributed by atoms with Gasteiger partial charge in [0.1, 0.15) is 58.6 Å². The molecular formula is C42H36B6O2. The van der Waals surface area contributed by atoms with Crippen LogP contribution in [-0.4, -0.2) is 57.3 Å². The molecule has 234 valence electrons. The van der Waals surface area contributed by atoms with E-state index in [2.05, 4.69) is 130 Å². The molecule has 0 spiro atoms. The number of phenolic OH excluding ortho intramolecular Hbond substituents is 2. The van der Waals surface area contributed by atoms with Crippen LogP contribution in [0.3, 0.4) is 0 Å². The van der Waals surface area contributed by atoms with Crippen molar-refractivity contribution in [2.24, 2.45) is 0 Å². The summed E-state index contributed by atoms with van der Waals surface area (Å²) in [5.41, 5.74) is 20.1. The molecule has 8 rings (SSSR count). The maximum absolute atomic E-state index is 11.8. The van der Waals surface area contributed by atoms with Crippen LogP contribution < -0.4 is 32.8 Å². The Bertz CT molecular complexity index is 2560. The van der Waals surface area contributed by atoms with E-state index in [9.17, 15) is 10.2 Å². The topological polar surface area (TPSA) is 40.5 Å². The third-order valence-corrected chi connectivity index (χ3v) is 11.8. The van der Waals surface area contributed by atoms with Crippen LogP contribution in [0.2, 0.25) is 0 Å². The van der Waals surface area contributed by atoms with Crippen molar-refractivity contribution < 1.29 is 10.2 Å². The van der Waals surface area contributed by atoms with Crippen LogP contribution in [-0.2, 0) is 6.42 Å². The molecule has 0 saturated heterocycles. The molecule has 50 heavy (non-hydrogen) atoms. The van der Waals surface area contributed by atoms with E-state index in [-0.39, 0.29) is 5.75 Å². The summed E-state index contributed by atoms with van der Waals surface area (Å²) in [7, 11) is 12.4. The summed E-state index contributed by atoms with van der Waals surface area (Å²) in [5.74, 6) is 0.676. The van der Waals surface area contributed by atoms with Gasteiger partial charge in [0.25, 0.3) is 0 Å². The second-order valence-electron chi connectivity index (χ2n) is 14.2. The van der Waals surface area contributed by atoms with Crippen LogP contribution in [0.4, 0.5) is 0 Å². The van der Waals surface area contributed by atoms with Crippen LogP contribution in [0.1, 0.15) is 22.3 Å². The molecule has 1 aliphatic carbocycles. The average molecular weight is 638 g/mol. The summed E-state index contributed by atoms with van der Waals surface area (Å²) in [5, 5.41) is 27.4. The molecule has 1 aliphatic rings. The molecule has 2 nitrogen and oxygen atoms in total. The minimum Gasteiger partial charge on any atom is -0.509 e. The van der Waals surface area contributed by atoms with E-state index < -0.39 is 0 Å². The molecule has 8 heteroatoms. The number of benzene rings is 7. The Hall–Kier alpha value is -5.21. The van der Waals surface area contributed by atoms with Crippen molar-refractivity contribution in [1.82, 2.24) is 0 Å². The predicted octanol–water partition coefficient (Wildman–Crippen LogP) is 0.478. The third-order valence-electron chi connectivity index (χ3n) is 11.8. The third kappa shape index (κ3) is 4.51. The number of aromatic hydroxyl groups is 2. The summed E-state index contributed by atoms with van der Waals surface area (Å²) in [6.45, 7) is 6.22. The number of hydrogen-bond donors (Lipinski definition) is 2. The number of rotatable bonds is 4. The highest BCUT2D eigenvalue weighted by Crippen LogP contribution is 2.47. The fourth-order valence-electron chi connectivity index (χ4n) is 8.66. The van der Waals surface area contributed by atoms with Crippen molar-refractivity contribution in [2.75, 3.05) is 0 Å². The fraction of sp³-hybridized carbons (Fsp3) is 0.0476. The fourth-order valence-corrected chi connectivity index (χ4v) is 8.66. The van der Waals surface area contributed by atoms with Gasteiger partial charge in [-0.25, -0.2) is 0 Å². The first kappa shape index (κ1) is 32.0. The van der Waals surface area contributed by atoms with Gasteiger partial charge in [0.05, 0.1) is 0 Å². The summed E-state index contributed by atoms with van der Waals surface area (Å²) in [6, 6.07) is 31.0. The molecule has 7 aromatic rings. The highest BCUT2D eigenvalue weighted by Gasteiger charge is 2.25. The van der Waals surface area contributed by atoms with Gasteiger partial charge in [0.15, 0.2) is 0 Å². The molecule has 0 saturated carbocycles. The van der Waals surface area contributed by atoms with E-state index in [0.717, 1.165) is 83.1 Å². The smallest absolute Gasteiger partial charge is 0.145 e. The van der Waals surface area contributed by atoms with Gasteiger partial charge in [-0.1, -0.05) is 118 Å². The van der Waals surface area contributed by atoms with Crippen molar-refractivity contribution in [3.05, 3.63) is 114 Å². The van der Waals surface area contributed by atoms with Crippen LogP contribution in [0, 0.1) is 6.92 Å². The first-order chi connectivity index (χ1) is 24.0. The van der Waals surface area contributed by atoms with Crippen molar-refractivity contribution in [3.63, 3.8) is 0 Å². The normalized spacial score (nSPS) is 11.9. The molecular weight excluding hydrogens is 601 g/mol. The van der Waals surface area contributed by atoms with Gasteiger partial charge in [-0.05, 0) is 97.0 Å². The molecule has 2 N–H and O–H groups in total. The lowest BCUT2D eigenvalue weighted by Crippen LogP contribution is -2.41. The average Bonchev–Trinajstić information content (AvgIpc) is 3.49. The first-order valence-electron chi connectivity index (χ1n) is 17.5. The highest BCUT2D eigenvalue weighted by molar-refractivity contribution is 6.60. The van der Waals surface area contributed by atoms with Crippen molar-refractivity contribution in [3.8, 4) is 56.0 Å². The minimum absolute atomic E-state index is 0.288. The van der Waals surface area contributed by atoms with Crippen molar-refractivity contribution in [1.29, 1.82) is 0 Å². The van der Waals surface area contributed by atoms with E-state index in [4.69, 9.17) is 0 Å². The lowest BCUT2D eigenvalue weighted by atomic mass is 9.66. The quantitative estimate of drug-likeness (QED) is 0.218. The standard InChI is InChI=1S/C42H36B6O2/c1-3-24-36(44)39(47)37(45)34(41(24)49)33-27-10-6-4-8-25(27)32(26-9-5-7-11-28(26)33)23-15-13-21-16-20-12-14-22(17-29(20)30(21)18-23)31-19(2)35(43)40(48)42(50)38(31)46/h3-15,17-18,49-50H,1,16,43-48H2,2H3. The predicted molar refractivity (Wildman–Crippen MR) is 233 cm³/mol. The molecule has 0 unspecified atom stereocenters. The monoisotopic (exact) mass is 638 g/mol. The van der Waals surface area contributed by atoms with Crippen LogP contribution in [0.15, 0.2) is 91.5 Å². The van der Waals surface area contributed by atoms with Gasteiger partial charge >= 0.3 is 0 Å². The lowest BCUT2D eigenvalue weighted by Gasteiger charge is -2.23. The molecule has 0 aliphatic heterocycles. The highest BCUT2D eigenvalue weighted by atomic mass is 16.3. The van der Waals surface area contributed by atoms with Crippen molar-refractivity contribution in [2.45, 2.75) is 13.3 Å². The van der Waals surface area contributed by atoms with Crippen LogP contribution >= 0.6 is 0 Å². The molecule has 0 fully saturated rings. The van der Waals surface area contributed by atoms with Crippen molar-refractivity contribution >= 4 is 107 Å². The molecule has 0 heterocycles. The molecule has 0 atom stereocenters. The SMILES string of the molecule is Bc1c(B)c(C=C)c(O)c(-c2c3ccccc3c(-c3ccc4c(c3)-c3cc(-c5c(B)c(O)c(B)c(B)c5C)ccc3C4)c3ccccc23)c1B. The largest absolute Gasteiger partial charge is 0.509 e. The van der Waals surface area contributed by atoms with Gasteiger partial charge in [0, 0.05) is 16.7 Å². The summed E-state index contributed by atoms with van der Waals surface area (Å²) in [6.07, 6.45) is 2.68. The zero-order chi connectivity index (χ0) is 35.2. The van der Waals surface area contributed by atoms with E-state index in [1.54, 1.807) is 6.08 Å². The zero-order valence-corrected chi connectivity index (χ0v) is 30.0. The van der Waals surface area contributed by atoms with Crippen LogP contribution in [0.25, 0.3) is 72.1 Å². The summed E-state index contributed by atoms with van der Waals surface area (Å²) in [4.78, 5) is 0. The summed E-state index contributed by atoms with van der Waals surface area (Å²) < 4.78 is 0. The summed E-state index contributed by atoms with van der Waals surface area (Å²) >= 11 is 0. The second-order valence-corrected chi connectivity index (χ2v) is 14.2. The van der Waals surface area contributed by atoms with Gasteiger partial charge in [0.2, 0.25) is 0 Å². The second kappa shape index (κ2) is 11.7. The molecule has 7 aromatic carbocycles. The van der Waals surface area contributed by atoms with E-state index in [1.165, 1.54) is 44.4 Å². The Balaban J connectivity index is 1.38. The Morgan fingerprint density at radius 2 is 1.02 bits per heavy atom.